The first-order chi connectivity index (χ1) is 4.50. The van der Waals surface area contributed by atoms with Gasteiger partial charge in [-0.2, -0.15) is 26.3 Å². The van der Waals surface area contributed by atoms with Crippen LogP contribution in [-0.4, -0.2) is 23.1 Å². The van der Waals surface area contributed by atoms with E-state index in [1.807, 2.05) is 0 Å². The summed E-state index contributed by atoms with van der Waals surface area (Å²) in [4.78, 5) is 0. The molecule has 0 heterocycles. The molecule has 0 aliphatic rings. The van der Waals surface area contributed by atoms with Crippen LogP contribution in [0.5, 0.6) is 0 Å². The van der Waals surface area contributed by atoms with Gasteiger partial charge in [-0.1, -0.05) is 0 Å². The Kier molecular flexibility index (Phi) is 4.34. The second-order valence-electron chi connectivity index (χ2n) is 2.07. The maximum Gasteiger partial charge on any atom is 0.425 e. The van der Waals surface area contributed by atoms with Gasteiger partial charge in [0.2, 0.25) is 0 Å². The van der Waals surface area contributed by atoms with Crippen LogP contribution in [0.4, 0.5) is 26.3 Å². The molecule has 0 saturated carbocycles. The van der Waals surface area contributed by atoms with Gasteiger partial charge in [-0.3, -0.25) is 0 Å². The molecule has 0 amide bonds. The average Bonchev–Trinajstić information content (AvgIpc) is 1.58. The molecule has 0 aromatic carbocycles. The number of rotatable bonds is 0. The van der Waals surface area contributed by atoms with Crippen LogP contribution in [0.25, 0.3) is 0 Å². The summed E-state index contributed by atoms with van der Waals surface area (Å²) in [6.45, 7) is -0.340. The van der Waals surface area contributed by atoms with Crippen LogP contribution in [0.3, 0.4) is 0 Å². The molecule has 0 saturated heterocycles. The van der Waals surface area contributed by atoms with Gasteiger partial charge in [0.15, 0.2) is 0 Å². The number of alkyl halides is 6. The van der Waals surface area contributed by atoms with E-state index in [1.54, 1.807) is 0 Å². The molecule has 0 aliphatic carbocycles. The van der Waals surface area contributed by atoms with Gasteiger partial charge in [0.1, 0.15) is 0 Å². The third-order valence-corrected chi connectivity index (χ3v) is 1.10. The first kappa shape index (κ1) is 14.7. The van der Waals surface area contributed by atoms with Crippen molar-refractivity contribution < 1.29 is 52.5 Å². The third kappa shape index (κ3) is 2.62. The summed E-state index contributed by atoms with van der Waals surface area (Å²) in [5.41, 5.74) is -4.62. The number of hydrogen-bond acceptors (Lipinski definition) is 1. The van der Waals surface area contributed by atoms with E-state index in [0.29, 0.717) is 0 Å². The standard InChI is InChI=1S/C4H4F6O.Mo/c1-2(11,3(5,6)7)4(8,9)10;/h11H,1H3;. The Morgan fingerprint density at radius 3 is 1.00 bits per heavy atom. The van der Waals surface area contributed by atoms with Gasteiger partial charge in [0.05, 0.1) is 0 Å². The van der Waals surface area contributed by atoms with E-state index in [1.165, 1.54) is 0 Å². The zero-order chi connectivity index (χ0) is 9.50. The SMILES string of the molecule is CC(O)(C(F)(F)F)C(F)(F)F.[Mo]. The maximum atomic E-state index is 11.4. The first-order valence-electron chi connectivity index (χ1n) is 2.36. The van der Waals surface area contributed by atoms with Gasteiger partial charge < -0.3 is 5.11 Å². The van der Waals surface area contributed by atoms with Crippen molar-refractivity contribution in [1.82, 2.24) is 0 Å². The Labute approximate surface area is 78.0 Å². The van der Waals surface area contributed by atoms with Crippen LogP contribution in [-0.2, 0) is 21.1 Å². The summed E-state index contributed by atoms with van der Waals surface area (Å²) >= 11 is 0. The molecule has 0 aromatic heterocycles. The Bertz CT molecular complexity index is 131. The number of hydrogen-bond donors (Lipinski definition) is 1. The topological polar surface area (TPSA) is 20.2 Å². The minimum atomic E-state index is -5.69. The third-order valence-electron chi connectivity index (χ3n) is 1.10. The fourth-order valence-corrected chi connectivity index (χ4v) is 0.161. The van der Waals surface area contributed by atoms with Crippen molar-refractivity contribution in [3.05, 3.63) is 0 Å². The monoisotopic (exact) mass is 280 g/mol. The van der Waals surface area contributed by atoms with E-state index in [0.717, 1.165) is 0 Å². The van der Waals surface area contributed by atoms with E-state index in [-0.39, 0.29) is 28.0 Å². The van der Waals surface area contributed by atoms with Crippen LogP contribution < -0.4 is 0 Å². The largest absolute Gasteiger partial charge is 0.425 e. The van der Waals surface area contributed by atoms with Crippen LogP contribution >= 0.6 is 0 Å². The summed E-state index contributed by atoms with van der Waals surface area (Å²) in [7, 11) is 0. The second-order valence-corrected chi connectivity index (χ2v) is 2.07. The van der Waals surface area contributed by atoms with Crippen molar-refractivity contribution in [2.24, 2.45) is 0 Å². The molecule has 0 atom stereocenters. The van der Waals surface area contributed by atoms with E-state index < -0.39 is 18.0 Å². The predicted molar refractivity (Wildman–Crippen MR) is 22.7 cm³/mol. The molecule has 0 fully saturated rings. The van der Waals surface area contributed by atoms with Gasteiger partial charge in [0, 0.05) is 21.1 Å². The molecule has 8 heteroatoms. The Morgan fingerprint density at radius 2 is 1.00 bits per heavy atom. The fourth-order valence-electron chi connectivity index (χ4n) is 0.161. The molecular weight excluding hydrogens is 274 g/mol. The van der Waals surface area contributed by atoms with Crippen LogP contribution in [0, 0.1) is 0 Å². The minimum absolute atomic E-state index is 0. The second kappa shape index (κ2) is 3.54. The van der Waals surface area contributed by atoms with Crippen molar-refractivity contribution in [1.29, 1.82) is 0 Å². The summed E-state index contributed by atoms with van der Waals surface area (Å²) in [5.74, 6) is 0. The van der Waals surface area contributed by atoms with Crippen molar-refractivity contribution in [3.63, 3.8) is 0 Å². The zero-order valence-corrected chi connectivity index (χ0v) is 7.63. The van der Waals surface area contributed by atoms with Crippen molar-refractivity contribution in [2.45, 2.75) is 24.9 Å². The van der Waals surface area contributed by atoms with Crippen LogP contribution in [0.15, 0.2) is 0 Å². The van der Waals surface area contributed by atoms with E-state index in [4.69, 9.17) is 5.11 Å². The fraction of sp³-hybridized carbons (Fsp3) is 1.00. The molecule has 0 radical (unpaired) electrons. The maximum absolute atomic E-state index is 11.4. The predicted octanol–water partition coefficient (Wildman–Crippen LogP) is 1.86. The summed E-state index contributed by atoms with van der Waals surface area (Å²) in [6, 6.07) is 0. The molecule has 0 rings (SSSR count). The smallest absolute Gasteiger partial charge is 0.374 e. The Hall–Kier alpha value is 0.228. The average molecular weight is 278 g/mol. The van der Waals surface area contributed by atoms with Gasteiger partial charge in [-0.15, -0.1) is 0 Å². The molecule has 0 bridgehead atoms. The van der Waals surface area contributed by atoms with Gasteiger partial charge in [0.25, 0.3) is 5.60 Å². The summed E-state index contributed by atoms with van der Waals surface area (Å²) < 4.78 is 68.2. The van der Waals surface area contributed by atoms with Gasteiger partial charge in [-0.05, 0) is 6.92 Å². The molecular formula is C4H4F6MoO. The van der Waals surface area contributed by atoms with Gasteiger partial charge >= 0.3 is 12.4 Å². The summed E-state index contributed by atoms with van der Waals surface area (Å²) in [5, 5.41) is 7.94. The van der Waals surface area contributed by atoms with E-state index in [9.17, 15) is 26.3 Å². The van der Waals surface area contributed by atoms with Crippen molar-refractivity contribution in [2.75, 3.05) is 0 Å². The van der Waals surface area contributed by atoms with Crippen molar-refractivity contribution >= 4 is 0 Å². The Balaban J connectivity index is 0. The molecule has 12 heavy (non-hydrogen) atoms. The first-order valence-corrected chi connectivity index (χ1v) is 2.36. The Morgan fingerprint density at radius 1 is 0.833 bits per heavy atom. The van der Waals surface area contributed by atoms with Crippen LogP contribution in [0.1, 0.15) is 6.92 Å². The molecule has 0 spiro atoms. The minimum Gasteiger partial charge on any atom is -0.374 e. The van der Waals surface area contributed by atoms with E-state index >= 15 is 0 Å². The zero-order valence-electron chi connectivity index (χ0n) is 5.62. The molecule has 0 aliphatic heterocycles. The quantitative estimate of drug-likeness (QED) is 0.529. The van der Waals surface area contributed by atoms with Gasteiger partial charge in [-0.25, -0.2) is 0 Å². The number of aliphatic hydroxyl groups is 1. The summed E-state index contributed by atoms with van der Waals surface area (Å²) in [6.07, 6.45) is -11.4. The normalized spacial score (nSPS) is 14.0. The number of halogens is 6. The van der Waals surface area contributed by atoms with Crippen LogP contribution in [0.2, 0.25) is 0 Å². The molecule has 74 valence electrons. The van der Waals surface area contributed by atoms with E-state index in [2.05, 4.69) is 0 Å². The molecule has 1 N–H and O–H groups in total. The molecule has 1 nitrogen and oxygen atoms in total. The van der Waals surface area contributed by atoms with Crippen molar-refractivity contribution in [3.8, 4) is 0 Å². The molecule has 0 unspecified atom stereocenters. The molecule has 0 aromatic rings.